The number of hydrogen-bond acceptors (Lipinski definition) is 6. The lowest BCUT2D eigenvalue weighted by Crippen LogP contribution is -2.38. The first-order chi connectivity index (χ1) is 17.3. The molecule has 0 N–H and O–H groups in total. The summed E-state index contributed by atoms with van der Waals surface area (Å²) in [4.78, 5) is 31.6. The van der Waals surface area contributed by atoms with E-state index in [9.17, 15) is 9.59 Å². The third-order valence-corrected chi connectivity index (χ3v) is 7.24. The van der Waals surface area contributed by atoms with Crippen LogP contribution < -0.4 is 10.2 Å². The van der Waals surface area contributed by atoms with Crippen LogP contribution in [-0.2, 0) is 10.2 Å². The van der Waals surface area contributed by atoms with Gasteiger partial charge in [-0.2, -0.15) is 0 Å². The largest absolute Gasteiger partial charge is 0.497 e. The minimum Gasteiger partial charge on any atom is -0.497 e. The molecule has 1 fully saturated rings. The molecule has 1 amide bonds. The van der Waals surface area contributed by atoms with Gasteiger partial charge in [-0.1, -0.05) is 45.0 Å². The summed E-state index contributed by atoms with van der Waals surface area (Å²) in [6, 6.07) is 12.9. The maximum Gasteiger partial charge on any atom is 0.290 e. The number of amides is 1. The topological polar surface area (TPSA) is 72.2 Å². The molecule has 0 radical (unpaired) electrons. The summed E-state index contributed by atoms with van der Waals surface area (Å²) in [5, 5.41) is 0.453. The highest BCUT2D eigenvalue weighted by atomic mass is 16.5. The van der Waals surface area contributed by atoms with Crippen molar-refractivity contribution in [3.63, 3.8) is 0 Å². The van der Waals surface area contributed by atoms with Crippen LogP contribution in [0.15, 0.2) is 51.7 Å². The van der Waals surface area contributed by atoms with Gasteiger partial charge in [0.15, 0.2) is 5.43 Å². The van der Waals surface area contributed by atoms with Crippen LogP contribution in [0.1, 0.15) is 60.5 Å². The number of nitrogens with zero attached hydrogens (tertiary/aromatic N) is 2. The highest BCUT2D eigenvalue weighted by Crippen LogP contribution is 2.39. The molecule has 3 heterocycles. The monoisotopic (exact) mass is 490 g/mol. The summed E-state index contributed by atoms with van der Waals surface area (Å²) in [6.45, 7) is 11.2. The fraction of sp³-hybridized carbons (Fsp3) is 0.448. The van der Waals surface area contributed by atoms with Crippen LogP contribution in [0, 0.1) is 0 Å². The van der Waals surface area contributed by atoms with Crippen LogP contribution in [0.4, 0.5) is 0 Å². The van der Waals surface area contributed by atoms with E-state index in [1.165, 1.54) is 5.56 Å². The van der Waals surface area contributed by atoms with Gasteiger partial charge < -0.3 is 18.8 Å². The molecule has 0 bridgehead atoms. The standard InChI is InChI=1S/C29H34N2O5/c1-29(2,3)20-8-6-19(7-9-20)25-24-26(32)22-11-10-21(34-4)18-23(22)36-27(24)28(33)31(25)13-5-12-30-14-16-35-17-15-30/h6-11,18,25H,5,12-17H2,1-4H3. The SMILES string of the molecule is COc1ccc2c(=O)c3c(oc2c1)C(=O)N(CCCN1CCOCC1)C3c1ccc(C(C)(C)C)cc1. The number of morpholine rings is 1. The Morgan fingerprint density at radius 2 is 1.72 bits per heavy atom. The van der Waals surface area contributed by atoms with E-state index < -0.39 is 6.04 Å². The van der Waals surface area contributed by atoms with Crippen LogP contribution in [-0.4, -0.2) is 62.2 Å². The lowest BCUT2D eigenvalue weighted by molar-refractivity contribution is 0.0353. The van der Waals surface area contributed by atoms with Crippen LogP contribution in [0.2, 0.25) is 0 Å². The number of carbonyl (C=O) groups excluding carboxylic acids is 1. The first kappa shape index (κ1) is 24.5. The fourth-order valence-corrected chi connectivity index (χ4v) is 5.16. The molecule has 7 nitrogen and oxygen atoms in total. The molecular weight excluding hydrogens is 456 g/mol. The fourth-order valence-electron chi connectivity index (χ4n) is 5.16. The second-order valence-electron chi connectivity index (χ2n) is 10.6. The lowest BCUT2D eigenvalue weighted by Gasteiger charge is -2.29. The van der Waals surface area contributed by atoms with Gasteiger partial charge in [0.05, 0.1) is 37.3 Å². The average Bonchev–Trinajstić information content (AvgIpc) is 3.15. The third-order valence-electron chi connectivity index (χ3n) is 7.24. The van der Waals surface area contributed by atoms with Crippen molar-refractivity contribution in [2.24, 2.45) is 0 Å². The summed E-state index contributed by atoms with van der Waals surface area (Å²) in [7, 11) is 1.56. The Bertz CT molecular complexity index is 1320. The molecule has 2 aliphatic rings. The van der Waals surface area contributed by atoms with E-state index in [-0.39, 0.29) is 22.5 Å². The van der Waals surface area contributed by atoms with Gasteiger partial charge in [-0.05, 0) is 35.1 Å². The minimum absolute atomic E-state index is 0.00800. The predicted molar refractivity (Wildman–Crippen MR) is 139 cm³/mol. The van der Waals surface area contributed by atoms with Gasteiger partial charge in [-0.25, -0.2) is 0 Å². The number of ether oxygens (including phenoxy) is 2. The Morgan fingerprint density at radius 3 is 2.39 bits per heavy atom. The molecule has 1 unspecified atom stereocenters. The van der Waals surface area contributed by atoms with Crippen molar-refractivity contribution in [3.05, 3.63) is 75.1 Å². The number of methoxy groups -OCH3 is 1. The van der Waals surface area contributed by atoms with Crippen molar-refractivity contribution in [2.45, 2.75) is 38.6 Å². The highest BCUT2D eigenvalue weighted by Gasteiger charge is 2.42. The summed E-state index contributed by atoms with van der Waals surface area (Å²) >= 11 is 0. The molecule has 3 aromatic rings. The van der Waals surface area contributed by atoms with Crippen molar-refractivity contribution in [1.82, 2.24) is 9.80 Å². The van der Waals surface area contributed by atoms with Gasteiger partial charge in [0, 0.05) is 32.2 Å². The molecule has 2 aliphatic heterocycles. The van der Waals surface area contributed by atoms with E-state index >= 15 is 0 Å². The van der Waals surface area contributed by atoms with E-state index in [4.69, 9.17) is 13.9 Å². The molecule has 0 spiro atoms. The Kier molecular flexibility index (Phi) is 6.62. The van der Waals surface area contributed by atoms with E-state index in [0.29, 0.717) is 28.8 Å². The average molecular weight is 491 g/mol. The van der Waals surface area contributed by atoms with Crippen LogP contribution in [0.3, 0.4) is 0 Å². The summed E-state index contributed by atoms with van der Waals surface area (Å²) in [5.74, 6) is 0.475. The normalized spacial score (nSPS) is 18.6. The molecule has 1 atom stereocenters. The summed E-state index contributed by atoms with van der Waals surface area (Å²) < 4.78 is 16.8. The van der Waals surface area contributed by atoms with Gasteiger partial charge in [0.1, 0.15) is 11.3 Å². The van der Waals surface area contributed by atoms with Gasteiger partial charge in [0.25, 0.3) is 5.91 Å². The zero-order valence-electron chi connectivity index (χ0n) is 21.5. The quantitative estimate of drug-likeness (QED) is 0.511. The Balaban J connectivity index is 1.54. The van der Waals surface area contributed by atoms with Crippen molar-refractivity contribution in [3.8, 4) is 5.75 Å². The summed E-state index contributed by atoms with van der Waals surface area (Å²) in [6.07, 6.45) is 0.803. The molecular formula is C29H34N2O5. The number of rotatable bonds is 6. The number of fused-ring (bicyclic) bond motifs is 2. The molecule has 2 aromatic carbocycles. The molecule has 1 aromatic heterocycles. The second-order valence-corrected chi connectivity index (χ2v) is 10.6. The van der Waals surface area contributed by atoms with E-state index in [1.807, 2.05) is 12.1 Å². The highest BCUT2D eigenvalue weighted by molar-refractivity contribution is 5.99. The molecule has 0 aliphatic carbocycles. The number of benzene rings is 2. The third kappa shape index (κ3) is 4.53. The maximum absolute atomic E-state index is 13.7. The zero-order valence-corrected chi connectivity index (χ0v) is 21.5. The van der Waals surface area contributed by atoms with E-state index in [1.54, 1.807) is 30.2 Å². The zero-order chi connectivity index (χ0) is 25.4. The first-order valence-corrected chi connectivity index (χ1v) is 12.6. The first-order valence-electron chi connectivity index (χ1n) is 12.6. The Labute approximate surface area is 211 Å². The predicted octanol–water partition coefficient (Wildman–Crippen LogP) is 4.37. The smallest absolute Gasteiger partial charge is 0.290 e. The van der Waals surface area contributed by atoms with Crippen LogP contribution in [0.5, 0.6) is 5.75 Å². The van der Waals surface area contributed by atoms with Crippen molar-refractivity contribution >= 4 is 16.9 Å². The Hall–Kier alpha value is -3.16. The maximum atomic E-state index is 13.7. The minimum atomic E-state index is -0.478. The lowest BCUT2D eigenvalue weighted by atomic mass is 9.86. The molecule has 7 heteroatoms. The molecule has 1 saturated heterocycles. The van der Waals surface area contributed by atoms with Gasteiger partial charge in [-0.3, -0.25) is 14.5 Å². The van der Waals surface area contributed by atoms with Gasteiger partial charge in [0.2, 0.25) is 5.76 Å². The number of hydrogen-bond donors (Lipinski definition) is 0. The Morgan fingerprint density at radius 1 is 1.00 bits per heavy atom. The molecule has 36 heavy (non-hydrogen) atoms. The molecule has 190 valence electrons. The molecule has 5 rings (SSSR count). The van der Waals surface area contributed by atoms with Crippen molar-refractivity contribution in [1.29, 1.82) is 0 Å². The number of carbonyl (C=O) groups is 1. The van der Waals surface area contributed by atoms with Gasteiger partial charge in [-0.15, -0.1) is 0 Å². The molecule has 0 saturated carbocycles. The van der Waals surface area contributed by atoms with Crippen molar-refractivity contribution < 1.29 is 18.7 Å². The second kappa shape index (κ2) is 9.71. The van der Waals surface area contributed by atoms with Crippen LogP contribution >= 0.6 is 0 Å². The van der Waals surface area contributed by atoms with Crippen LogP contribution in [0.25, 0.3) is 11.0 Å². The van der Waals surface area contributed by atoms with Crippen molar-refractivity contribution in [2.75, 3.05) is 46.5 Å². The van der Waals surface area contributed by atoms with Gasteiger partial charge >= 0.3 is 0 Å². The van der Waals surface area contributed by atoms with E-state index in [0.717, 1.165) is 44.8 Å². The van der Waals surface area contributed by atoms with E-state index in [2.05, 4.69) is 37.8 Å². The summed E-state index contributed by atoms with van der Waals surface area (Å²) in [5.41, 5.74) is 2.75.